The van der Waals surface area contributed by atoms with Crippen LogP contribution in [0.5, 0.6) is 0 Å². The first-order chi connectivity index (χ1) is 4.93. The molecule has 1 aliphatic rings. The summed E-state index contributed by atoms with van der Waals surface area (Å²) in [4.78, 5) is 2.34. The number of nitrogens with zero attached hydrogens (tertiary/aromatic N) is 1. The van der Waals surface area contributed by atoms with Crippen LogP contribution in [0.1, 0.15) is 12.8 Å². The number of halogens is 2. The van der Waals surface area contributed by atoms with E-state index in [2.05, 4.69) is 16.7 Å². The SMILES string of the molecule is Cl.Cl.NCCC#CCN1CCC1. The van der Waals surface area contributed by atoms with Gasteiger partial charge in [0, 0.05) is 26.1 Å². The zero-order valence-electron chi connectivity index (χ0n) is 7.08. The van der Waals surface area contributed by atoms with Gasteiger partial charge < -0.3 is 5.73 Å². The Bertz CT molecular complexity index is 147. The molecule has 0 saturated carbocycles. The molecule has 2 nitrogen and oxygen atoms in total. The van der Waals surface area contributed by atoms with Gasteiger partial charge in [0.2, 0.25) is 0 Å². The molecule has 0 spiro atoms. The van der Waals surface area contributed by atoms with E-state index in [1.54, 1.807) is 0 Å². The summed E-state index contributed by atoms with van der Waals surface area (Å²) in [6.45, 7) is 4.10. The predicted octanol–water partition coefficient (Wildman–Crippen LogP) is 0.888. The second-order valence-electron chi connectivity index (χ2n) is 2.52. The standard InChI is InChI=1S/C8H14N2.2ClH/c9-5-2-1-3-6-10-7-4-8-10;;/h2,4-9H2;2*1H. The summed E-state index contributed by atoms with van der Waals surface area (Å²) in [7, 11) is 0. The van der Waals surface area contributed by atoms with Crippen LogP contribution in [0, 0.1) is 11.8 Å². The smallest absolute Gasteiger partial charge is 0.0601 e. The van der Waals surface area contributed by atoms with Crippen LogP contribution in [0.3, 0.4) is 0 Å². The second-order valence-corrected chi connectivity index (χ2v) is 2.52. The van der Waals surface area contributed by atoms with E-state index in [0.29, 0.717) is 6.54 Å². The van der Waals surface area contributed by atoms with Crippen LogP contribution in [-0.4, -0.2) is 31.1 Å². The molecule has 12 heavy (non-hydrogen) atoms. The molecule has 0 amide bonds. The van der Waals surface area contributed by atoms with Crippen molar-refractivity contribution in [2.45, 2.75) is 12.8 Å². The van der Waals surface area contributed by atoms with Crippen molar-refractivity contribution >= 4 is 24.8 Å². The highest BCUT2D eigenvalue weighted by atomic mass is 35.5. The van der Waals surface area contributed by atoms with Crippen molar-refractivity contribution < 1.29 is 0 Å². The maximum atomic E-state index is 5.28. The molecule has 0 aliphatic carbocycles. The van der Waals surface area contributed by atoms with Crippen molar-refractivity contribution in [2.75, 3.05) is 26.2 Å². The van der Waals surface area contributed by atoms with Crippen LogP contribution >= 0.6 is 24.8 Å². The molecule has 0 aromatic rings. The largest absolute Gasteiger partial charge is 0.330 e. The summed E-state index contributed by atoms with van der Waals surface area (Å²) in [5.74, 6) is 6.10. The Kier molecular flexibility index (Phi) is 11.1. The average Bonchev–Trinajstić information content (AvgIpc) is 1.84. The second kappa shape index (κ2) is 9.15. The average molecular weight is 211 g/mol. The molecule has 72 valence electrons. The van der Waals surface area contributed by atoms with Crippen LogP contribution < -0.4 is 5.73 Å². The van der Waals surface area contributed by atoms with Crippen LogP contribution in [0.4, 0.5) is 0 Å². The number of hydrogen-bond acceptors (Lipinski definition) is 2. The summed E-state index contributed by atoms with van der Waals surface area (Å²) in [5.41, 5.74) is 5.28. The molecular weight excluding hydrogens is 195 g/mol. The van der Waals surface area contributed by atoms with E-state index in [9.17, 15) is 0 Å². The van der Waals surface area contributed by atoms with Gasteiger partial charge in [0.1, 0.15) is 0 Å². The van der Waals surface area contributed by atoms with Crippen LogP contribution in [0.25, 0.3) is 0 Å². The number of likely N-dealkylation sites (tertiary alicyclic amines) is 1. The Morgan fingerprint density at radius 1 is 1.17 bits per heavy atom. The summed E-state index contributed by atoms with van der Waals surface area (Å²) < 4.78 is 0. The van der Waals surface area contributed by atoms with Gasteiger partial charge in [-0.05, 0) is 6.42 Å². The normalized spacial score (nSPS) is 14.4. The monoisotopic (exact) mass is 210 g/mol. The van der Waals surface area contributed by atoms with Gasteiger partial charge in [-0.1, -0.05) is 5.92 Å². The quantitative estimate of drug-likeness (QED) is 0.687. The third-order valence-electron chi connectivity index (χ3n) is 1.65. The van der Waals surface area contributed by atoms with Crippen molar-refractivity contribution in [1.82, 2.24) is 4.90 Å². The maximum Gasteiger partial charge on any atom is 0.0601 e. The first-order valence-electron chi connectivity index (χ1n) is 3.81. The number of nitrogens with two attached hydrogens (primary N) is 1. The molecule has 1 heterocycles. The minimum atomic E-state index is 0. The summed E-state index contributed by atoms with van der Waals surface area (Å²) in [6.07, 6.45) is 2.19. The van der Waals surface area contributed by atoms with Gasteiger partial charge in [-0.3, -0.25) is 4.90 Å². The molecule has 1 saturated heterocycles. The third-order valence-corrected chi connectivity index (χ3v) is 1.65. The molecule has 0 radical (unpaired) electrons. The summed E-state index contributed by atoms with van der Waals surface area (Å²) in [5, 5.41) is 0. The predicted molar refractivity (Wildman–Crippen MR) is 57.0 cm³/mol. The van der Waals surface area contributed by atoms with Gasteiger partial charge in [-0.25, -0.2) is 0 Å². The Hall–Kier alpha value is 0.0600. The van der Waals surface area contributed by atoms with Crippen LogP contribution in [-0.2, 0) is 0 Å². The van der Waals surface area contributed by atoms with E-state index in [1.165, 1.54) is 19.5 Å². The molecule has 0 aromatic carbocycles. The summed E-state index contributed by atoms with van der Waals surface area (Å²) >= 11 is 0. The fourth-order valence-electron chi connectivity index (χ4n) is 0.868. The lowest BCUT2D eigenvalue weighted by atomic mass is 10.2. The van der Waals surface area contributed by atoms with Crippen LogP contribution in [0.15, 0.2) is 0 Å². The molecule has 0 bridgehead atoms. The molecule has 1 fully saturated rings. The fourth-order valence-corrected chi connectivity index (χ4v) is 0.868. The Balaban J connectivity index is 0. The van der Waals surface area contributed by atoms with E-state index in [4.69, 9.17) is 5.73 Å². The molecular formula is C8H16Cl2N2. The molecule has 1 aliphatic heterocycles. The maximum absolute atomic E-state index is 5.28. The molecule has 0 aromatic heterocycles. The van der Waals surface area contributed by atoms with Gasteiger partial charge in [0.25, 0.3) is 0 Å². The van der Waals surface area contributed by atoms with E-state index in [-0.39, 0.29) is 24.8 Å². The van der Waals surface area contributed by atoms with Crippen molar-refractivity contribution in [1.29, 1.82) is 0 Å². The zero-order valence-corrected chi connectivity index (χ0v) is 8.72. The Labute approximate surface area is 86.7 Å². The zero-order chi connectivity index (χ0) is 7.23. The van der Waals surface area contributed by atoms with E-state index in [1.807, 2.05) is 0 Å². The summed E-state index contributed by atoms with van der Waals surface area (Å²) in [6, 6.07) is 0. The van der Waals surface area contributed by atoms with Gasteiger partial charge >= 0.3 is 0 Å². The highest BCUT2D eigenvalue weighted by Gasteiger charge is 2.10. The van der Waals surface area contributed by atoms with Gasteiger partial charge in [0.05, 0.1) is 6.54 Å². The Morgan fingerprint density at radius 3 is 2.25 bits per heavy atom. The third kappa shape index (κ3) is 5.68. The first kappa shape index (κ1) is 14.6. The van der Waals surface area contributed by atoms with Gasteiger partial charge in [0.15, 0.2) is 0 Å². The van der Waals surface area contributed by atoms with Crippen molar-refractivity contribution in [2.24, 2.45) is 5.73 Å². The lowest BCUT2D eigenvalue weighted by Gasteiger charge is -2.28. The minimum absolute atomic E-state index is 0. The van der Waals surface area contributed by atoms with Crippen molar-refractivity contribution in [3.63, 3.8) is 0 Å². The topological polar surface area (TPSA) is 29.3 Å². The molecule has 1 rings (SSSR count). The number of rotatable bonds is 2. The van der Waals surface area contributed by atoms with E-state index < -0.39 is 0 Å². The molecule has 2 N–H and O–H groups in total. The highest BCUT2D eigenvalue weighted by molar-refractivity contribution is 5.85. The molecule has 0 atom stereocenters. The highest BCUT2D eigenvalue weighted by Crippen LogP contribution is 2.02. The number of hydrogen-bond donors (Lipinski definition) is 1. The van der Waals surface area contributed by atoms with Crippen molar-refractivity contribution in [3.8, 4) is 11.8 Å². The van der Waals surface area contributed by atoms with Crippen molar-refractivity contribution in [3.05, 3.63) is 0 Å². The minimum Gasteiger partial charge on any atom is -0.330 e. The Morgan fingerprint density at radius 2 is 1.83 bits per heavy atom. The van der Waals surface area contributed by atoms with Gasteiger partial charge in [-0.15, -0.1) is 30.7 Å². The van der Waals surface area contributed by atoms with E-state index in [0.717, 1.165) is 13.0 Å². The lowest BCUT2D eigenvalue weighted by molar-refractivity contribution is 0.207. The van der Waals surface area contributed by atoms with Crippen LogP contribution in [0.2, 0.25) is 0 Å². The molecule has 0 unspecified atom stereocenters. The van der Waals surface area contributed by atoms with E-state index >= 15 is 0 Å². The fraction of sp³-hybridized carbons (Fsp3) is 0.750. The lowest BCUT2D eigenvalue weighted by Crippen LogP contribution is -2.37. The first-order valence-corrected chi connectivity index (χ1v) is 3.81. The molecule has 4 heteroatoms. The van der Waals surface area contributed by atoms with Gasteiger partial charge in [-0.2, -0.15) is 0 Å².